The summed E-state index contributed by atoms with van der Waals surface area (Å²) >= 11 is 0. The third kappa shape index (κ3) is 17.5. The second kappa shape index (κ2) is 24.6. The first-order valence-corrected chi connectivity index (χ1v) is 24.9. The Bertz CT molecular complexity index is 2180. The van der Waals surface area contributed by atoms with Crippen LogP contribution in [0.5, 0.6) is 0 Å². The number of nitrogens with zero attached hydrogens (tertiary/aromatic N) is 5. The van der Waals surface area contributed by atoms with E-state index in [0.29, 0.717) is 4.90 Å². The molecule has 0 bridgehead atoms. The number of rotatable bonds is 25. The van der Waals surface area contributed by atoms with E-state index < -0.39 is 165 Å². The lowest BCUT2D eigenvalue weighted by molar-refractivity contribution is -0.458. The third-order valence-corrected chi connectivity index (χ3v) is 12.5. The highest BCUT2D eigenvalue weighted by Gasteiger charge is 2.96. The smallest absolute Gasteiger partial charge is 0.459 e. The summed E-state index contributed by atoms with van der Waals surface area (Å²) in [6.07, 6.45) is -7.98. The topological polar surface area (TPSA) is 173 Å². The highest BCUT2D eigenvalue weighted by molar-refractivity contribution is 7.90. The molecule has 0 atom stereocenters. The summed E-state index contributed by atoms with van der Waals surface area (Å²) in [6, 6.07) is 0. The van der Waals surface area contributed by atoms with Gasteiger partial charge in [0.1, 0.15) is 22.4 Å². The van der Waals surface area contributed by atoms with Crippen molar-refractivity contribution in [1.82, 2.24) is 23.9 Å². The molecule has 16 nitrogen and oxygen atoms in total. The SMILES string of the molecule is CCN(CCN(CCN(CC(=O)OC(C)(C)C)CC(C(=O)OC(C)(C)C)C(=O)OC(C)(C)C)CC(=O)N1CCN(S(=O)(=O)C(F)(F)C(F)(F)C(F)(F)C(F)(F)C(F)(F)C(F)(F)C(F)(F)C(F)(F)F)CC1)CC(=O)OC(C)(C)C. The van der Waals surface area contributed by atoms with Crippen molar-refractivity contribution in [1.29, 1.82) is 0 Å². The molecule has 1 aliphatic heterocycles. The van der Waals surface area contributed by atoms with E-state index >= 15 is 8.78 Å². The molecule has 0 unspecified atom stereocenters. The van der Waals surface area contributed by atoms with Crippen LogP contribution in [0.4, 0.5) is 74.6 Å². The number of carbonyl (C=O) groups is 5. The van der Waals surface area contributed by atoms with Gasteiger partial charge in [-0.05, 0) is 89.6 Å². The van der Waals surface area contributed by atoms with Crippen LogP contribution < -0.4 is 0 Å². The summed E-state index contributed by atoms with van der Waals surface area (Å²) in [5.74, 6) is -59.1. The summed E-state index contributed by atoms with van der Waals surface area (Å²) in [5, 5.41) is -7.78. The first-order valence-electron chi connectivity index (χ1n) is 23.4. The molecule has 1 heterocycles. The van der Waals surface area contributed by atoms with Gasteiger partial charge >= 0.3 is 70.8 Å². The molecule has 0 N–H and O–H groups in total. The molecule has 34 heteroatoms. The van der Waals surface area contributed by atoms with Crippen molar-refractivity contribution < 1.29 is 126 Å². The van der Waals surface area contributed by atoms with Crippen molar-refractivity contribution in [3.8, 4) is 0 Å². The Kier molecular flexibility index (Phi) is 22.7. The maximum Gasteiger partial charge on any atom is 0.460 e. The van der Waals surface area contributed by atoms with E-state index in [0.717, 1.165) is 0 Å². The molecule has 1 amide bonds. The quantitative estimate of drug-likeness (QED) is 0.0385. The zero-order chi connectivity index (χ0) is 61.9. The van der Waals surface area contributed by atoms with Gasteiger partial charge in [0.2, 0.25) is 5.91 Å². The van der Waals surface area contributed by atoms with Crippen LogP contribution in [0.1, 0.15) is 90.0 Å². The summed E-state index contributed by atoms with van der Waals surface area (Å²) in [5.41, 5.74) is -4.30. The fourth-order valence-corrected chi connectivity index (χ4v) is 8.14. The highest BCUT2D eigenvalue weighted by Crippen LogP contribution is 2.64. The van der Waals surface area contributed by atoms with Gasteiger partial charge in [-0.15, -0.1) is 0 Å². The second-order valence-corrected chi connectivity index (χ2v) is 23.9. The summed E-state index contributed by atoms with van der Waals surface area (Å²) < 4.78 is 284. The van der Waals surface area contributed by atoms with Crippen molar-refractivity contribution in [2.75, 3.05) is 85.1 Å². The van der Waals surface area contributed by atoms with E-state index in [1.807, 2.05) is 0 Å². The van der Waals surface area contributed by atoms with Gasteiger partial charge in [0.05, 0.1) is 19.6 Å². The largest absolute Gasteiger partial charge is 0.460 e. The van der Waals surface area contributed by atoms with Crippen molar-refractivity contribution >= 4 is 39.8 Å². The molecule has 1 aliphatic rings. The molecule has 0 aromatic heterocycles. The first kappa shape index (κ1) is 72.0. The Morgan fingerprint density at radius 2 is 0.769 bits per heavy atom. The predicted octanol–water partition coefficient (Wildman–Crippen LogP) is 7.34. The number of hydrogen-bond acceptors (Lipinski definition) is 14. The normalized spacial score (nSPS) is 16.1. The van der Waals surface area contributed by atoms with Gasteiger partial charge in [-0.1, -0.05) is 6.92 Å². The minimum atomic E-state index is -9.01. The third-order valence-electron chi connectivity index (χ3n) is 10.6. The van der Waals surface area contributed by atoms with Crippen LogP contribution in [0.3, 0.4) is 0 Å². The number of sulfonamides is 1. The number of alkyl halides is 17. The van der Waals surface area contributed by atoms with Gasteiger partial charge in [0.25, 0.3) is 10.0 Å². The molecule has 0 aromatic rings. The monoisotopic (exact) mass is 1200 g/mol. The van der Waals surface area contributed by atoms with Crippen LogP contribution in [0.2, 0.25) is 0 Å². The van der Waals surface area contributed by atoms with Crippen LogP contribution in [-0.2, 0) is 52.9 Å². The average Bonchev–Trinajstić information content (AvgIpc) is 3.22. The number of halogens is 17. The van der Waals surface area contributed by atoms with Crippen LogP contribution >= 0.6 is 0 Å². The maximum atomic E-state index is 15.1. The van der Waals surface area contributed by atoms with Gasteiger partial charge in [-0.25, -0.2) is 8.42 Å². The molecule has 0 radical (unpaired) electrons. The van der Waals surface area contributed by atoms with E-state index in [1.54, 1.807) is 27.7 Å². The Morgan fingerprint density at radius 1 is 0.449 bits per heavy atom. The van der Waals surface area contributed by atoms with Gasteiger partial charge in [-0.2, -0.15) is 78.9 Å². The maximum absolute atomic E-state index is 15.1. The molecule has 0 spiro atoms. The Hall–Kier alpha value is -4.05. The van der Waals surface area contributed by atoms with E-state index in [1.165, 1.54) is 77.0 Å². The lowest BCUT2D eigenvalue weighted by atomic mass is 9.91. The minimum absolute atomic E-state index is 0.0686. The van der Waals surface area contributed by atoms with Crippen LogP contribution in [0.25, 0.3) is 0 Å². The minimum Gasteiger partial charge on any atom is -0.459 e. The standard InChI is InChI=1S/C44H66F17N5O11S/c1-14-62(25-29(68)74-33(2,3)4)15-16-63(17-18-64(26-30(69)75-34(5,6)7)23-27(31(70)76-35(8,9)10)32(71)77-36(11,12)13)24-28(67)65-19-21-66(22-20-65)78(72,73)44(60,61)42(55,56)40(51,52)38(47,48)37(45,46)39(49,50)41(53,54)43(57,58)59/h27H,14-26H2,1-13H3. The van der Waals surface area contributed by atoms with Crippen molar-refractivity contribution in [2.24, 2.45) is 5.92 Å². The zero-order valence-electron chi connectivity index (χ0n) is 44.8. The van der Waals surface area contributed by atoms with Crippen molar-refractivity contribution in [2.45, 2.75) is 159 Å². The number of likely N-dealkylation sites (N-methyl/N-ethyl adjacent to an activating group) is 1. The molecule has 0 aromatic carbocycles. The lowest BCUT2D eigenvalue weighted by Crippen LogP contribution is -2.75. The Balaban J connectivity index is 3.71. The molecule has 0 aliphatic carbocycles. The zero-order valence-corrected chi connectivity index (χ0v) is 45.6. The summed E-state index contributed by atoms with van der Waals surface area (Å²) in [6.45, 7) is 11.4. The van der Waals surface area contributed by atoms with Crippen molar-refractivity contribution in [3.63, 3.8) is 0 Å². The van der Waals surface area contributed by atoms with Gasteiger partial charge in [0, 0.05) is 58.9 Å². The Morgan fingerprint density at radius 3 is 1.12 bits per heavy atom. The second-order valence-electron chi connectivity index (χ2n) is 21.9. The fraction of sp³-hybridized carbons (Fsp3) is 0.886. The number of ether oxygens (including phenoxy) is 4. The lowest BCUT2D eigenvalue weighted by Gasteiger charge is -2.43. The highest BCUT2D eigenvalue weighted by atomic mass is 32.2. The van der Waals surface area contributed by atoms with Crippen LogP contribution in [0, 0.1) is 5.92 Å². The van der Waals surface area contributed by atoms with E-state index in [-0.39, 0.29) is 39.3 Å². The summed E-state index contributed by atoms with van der Waals surface area (Å²) in [4.78, 5) is 71.6. The number of carbonyl (C=O) groups excluding carboxylic acids is 5. The number of amides is 1. The molecule has 78 heavy (non-hydrogen) atoms. The molecule has 1 rings (SSSR count). The van der Waals surface area contributed by atoms with Crippen molar-refractivity contribution in [3.05, 3.63) is 0 Å². The molecular formula is C44H66F17N5O11S. The number of hydrogen-bond donors (Lipinski definition) is 0. The number of piperazine rings is 1. The Labute approximate surface area is 439 Å². The molecular weight excluding hydrogens is 1130 g/mol. The van der Waals surface area contributed by atoms with Gasteiger partial charge < -0.3 is 23.8 Å². The van der Waals surface area contributed by atoms with Gasteiger partial charge in [-0.3, -0.25) is 38.7 Å². The fourth-order valence-electron chi connectivity index (χ4n) is 6.72. The number of esters is 4. The first-order chi connectivity index (χ1) is 34.4. The molecule has 1 saturated heterocycles. The average molecular weight is 1200 g/mol. The molecule has 0 saturated carbocycles. The predicted molar refractivity (Wildman–Crippen MR) is 240 cm³/mol. The molecule has 458 valence electrons. The summed E-state index contributed by atoms with van der Waals surface area (Å²) in [7, 11) is -7.62. The van der Waals surface area contributed by atoms with Crippen LogP contribution in [0.15, 0.2) is 0 Å². The van der Waals surface area contributed by atoms with Crippen LogP contribution in [-0.4, -0.2) is 217 Å². The van der Waals surface area contributed by atoms with E-state index in [2.05, 4.69) is 0 Å². The van der Waals surface area contributed by atoms with E-state index in [9.17, 15) is 98.2 Å². The van der Waals surface area contributed by atoms with Gasteiger partial charge in [0.15, 0.2) is 5.92 Å². The molecule has 1 fully saturated rings. The van der Waals surface area contributed by atoms with E-state index in [4.69, 9.17) is 18.9 Å².